The molecule has 1 aromatic rings. The Bertz CT molecular complexity index is 310. The monoisotopic (exact) mass is 208 g/mol. The maximum absolute atomic E-state index is 5.51. The Kier molecular flexibility index (Phi) is 4.43. The highest BCUT2D eigenvalue weighted by Crippen LogP contribution is 2.24. The molecule has 0 atom stereocenters. The zero-order chi connectivity index (χ0) is 11.3. The van der Waals surface area contributed by atoms with Crippen LogP contribution < -0.4 is 15.4 Å². The maximum atomic E-state index is 5.51. The molecule has 0 heterocycles. The second kappa shape index (κ2) is 5.61. The third-order valence-electron chi connectivity index (χ3n) is 2.43. The van der Waals surface area contributed by atoms with E-state index in [9.17, 15) is 0 Å². The number of nitrogens with two attached hydrogens (primary N) is 1. The van der Waals surface area contributed by atoms with Crippen molar-refractivity contribution in [2.75, 3.05) is 32.6 Å². The SMILES string of the molecule is COc1ccc(N(C)C)cc1CCCN. The normalized spacial score (nSPS) is 10.1. The van der Waals surface area contributed by atoms with E-state index in [1.165, 1.54) is 11.3 Å². The summed E-state index contributed by atoms with van der Waals surface area (Å²) in [6, 6.07) is 6.24. The summed E-state index contributed by atoms with van der Waals surface area (Å²) in [6.45, 7) is 0.718. The first-order chi connectivity index (χ1) is 7.19. The highest BCUT2D eigenvalue weighted by atomic mass is 16.5. The minimum atomic E-state index is 0.718. The predicted octanol–water partition coefficient (Wildman–Crippen LogP) is 1.65. The van der Waals surface area contributed by atoms with Crippen LogP contribution in [0.2, 0.25) is 0 Å². The summed E-state index contributed by atoms with van der Waals surface area (Å²) in [5.41, 5.74) is 7.94. The number of methoxy groups -OCH3 is 1. The number of hydrogen-bond acceptors (Lipinski definition) is 3. The molecule has 84 valence electrons. The summed E-state index contributed by atoms with van der Waals surface area (Å²) in [5, 5.41) is 0. The third-order valence-corrected chi connectivity index (χ3v) is 2.43. The van der Waals surface area contributed by atoms with Gasteiger partial charge in [0, 0.05) is 19.8 Å². The van der Waals surface area contributed by atoms with Crippen molar-refractivity contribution in [2.45, 2.75) is 12.8 Å². The van der Waals surface area contributed by atoms with Crippen molar-refractivity contribution in [3.8, 4) is 5.75 Å². The van der Waals surface area contributed by atoms with E-state index in [2.05, 4.69) is 17.0 Å². The molecule has 0 saturated heterocycles. The molecule has 0 saturated carbocycles. The molecule has 0 aromatic heterocycles. The lowest BCUT2D eigenvalue weighted by Crippen LogP contribution is -2.09. The number of aryl methyl sites for hydroxylation is 1. The van der Waals surface area contributed by atoms with Gasteiger partial charge in [-0.2, -0.15) is 0 Å². The lowest BCUT2D eigenvalue weighted by Gasteiger charge is -2.16. The van der Waals surface area contributed by atoms with E-state index in [-0.39, 0.29) is 0 Å². The lowest BCUT2D eigenvalue weighted by molar-refractivity contribution is 0.409. The van der Waals surface area contributed by atoms with E-state index < -0.39 is 0 Å². The molecule has 1 aromatic carbocycles. The van der Waals surface area contributed by atoms with Crippen LogP contribution in [-0.4, -0.2) is 27.7 Å². The van der Waals surface area contributed by atoms with Crippen LogP contribution in [-0.2, 0) is 6.42 Å². The van der Waals surface area contributed by atoms with E-state index >= 15 is 0 Å². The molecular formula is C12H20N2O. The quantitative estimate of drug-likeness (QED) is 0.799. The van der Waals surface area contributed by atoms with Gasteiger partial charge in [-0.15, -0.1) is 0 Å². The Labute approximate surface area is 91.8 Å². The lowest BCUT2D eigenvalue weighted by atomic mass is 10.1. The van der Waals surface area contributed by atoms with Crippen LogP contribution in [0.1, 0.15) is 12.0 Å². The number of rotatable bonds is 5. The van der Waals surface area contributed by atoms with Gasteiger partial charge in [-0.3, -0.25) is 0 Å². The topological polar surface area (TPSA) is 38.5 Å². The molecule has 0 amide bonds. The summed E-state index contributed by atoms with van der Waals surface area (Å²) in [5.74, 6) is 0.953. The van der Waals surface area contributed by atoms with Gasteiger partial charge in [0.15, 0.2) is 0 Å². The molecule has 1 rings (SSSR count). The Hall–Kier alpha value is -1.22. The molecule has 0 spiro atoms. The maximum Gasteiger partial charge on any atom is 0.122 e. The second-order valence-electron chi connectivity index (χ2n) is 3.78. The average molecular weight is 208 g/mol. The van der Waals surface area contributed by atoms with E-state index in [0.717, 1.165) is 25.1 Å². The minimum absolute atomic E-state index is 0.718. The first-order valence-electron chi connectivity index (χ1n) is 5.23. The molecule has 15 heavy (non-hydrogen) atoms. The molecule has 2 N–H and O–H groups in total. The number of nitrogens with zero attached hydrogens (tertiary/aromatic N) is 1. The first kappa shape index (κ1) is 11.9. The van der Waals surface area contributed by atoms with Gasteiger partial charge in [-0.05, 0) is 43.1 Å². The van der Waals surface area contributed by atoms with Crippen LogP contribution in [0, 0.1) is 0 Å². The van der Waals surface area contributed by atoms with E-state index in [1.807, 2.05) is 20.2 Å². The Morgan fingerprint density at radius 3 is 2.60 bits per heavy atom. The van der Waals surface area contributed by atoms with E-state index in [0.29, 0.717) is 0 Å². The van der Waals surface area contributed by atoms with Crippen molar-refractivity contribution in [3.05, 3.63) is 23.8 Å². The van der Waals surface area contributed by atoms with Crippen molar-refractivity contribution in [1.29, 1.82) is 0 Å². The van der Waals surface area contributed by atoms with Gasteiger partial charge in [-0.25, -0.2) is 0 Å². The highest BCUT2D eigenvalue weighted by Gasteiger charge is 2.04. The van der Waals surface area contributed by atoms with E-state index in [1.54, 1.807) is 7.11 Å². The highest BCUT2D eigenvalue weighted by molar-refractivity contribution is 5.52. The third kappa shape index (κ3) is 3.13. The molecule has 3 nitrogen and oxygen atoms in total. The van der Waals surface area contributed by atoms with Gasteiger partial charge in [-0.1, -0.05) is 0 Å². The average Bonchev–Trinajstić information content (AvgIpc) is 2.25. The number of ether oxygens (including phenoxy) is 1. The zero-order valence-corrected chi connectivity index (χ0v) is 9.79. The first-order valence-corrected chi connectivity index (χ1v) is 5.23. The van der Waals surface area contributed by atoms with Crippen molar-refractivity contribution in [3.63, 3.8) is 0 Å². The van der Waals surface area contributed by atoms with Crippen LogP contribution in [0.25, 0.3) is 0 Å². The minimum Gasteiger partial charge on any atom is -0.496 e. The summed E-state index contributed by atoms with van der Waals surface area (Å²) in [6.07, 6.45) is 1.97. The van der Waals surface area contributed by atoms with Crippen LogP contribution in [0.5, 0.6) is 5.75 Å². The van der Waals surface area contributed by atoms with Crippen LogP contribution in [0.15, 0.2) is 18.2 Å². The molecule has 0 aliphatic heterocycles. The largest absolute Gasteiger partial charge is 0.496 e. The van der Waals surface area contributed by atoms with Crippen LogP contribution >= 0.6 is 0 Å². The summed E-state index contributed by atoms with van der Waals surface area (Å²) in [4.78, 5) is 2.09. The van der Waals surface area contributed by atoms with Gasteiger partial charge >= 0.3 is 0 Å². The van der Waals surface area contributed by atoms with Crippen molar-refractivity contribution < 1.29 is 4.74 Å². The van der Waals surface area contributed by atoms with Gasteiger partial charge in [0.2, 0.25) is 0 Å². The van der Waals surface area contributed by atoms with Crippen molar-refractivity contribution in [2.24, 2.45) is 5.73 Å². The summed E-state index contributed by atoms with van der Waals surface area (Å²) >= 11 is 0. The fourth-order valence-corrected chi connectivity index (χ4v) is 1.53. The fraction of sp³-hybridized carbons (Fsp3) is 0.500. The molecule has 0 aliphatic carbocycles. The van der Waals surface area contributed by atoms with Crippen LogP contribution in [0.3, 0.4) is 0 Å². The van der Waals surface area contributed by atoms with E-state index in [4.69, 9.17) is 10.5 Å². The smallest absolute Gasteiger partial charge is 0.122 e. The summed E-state index contributed by atoms with van der Waals surface area (Å²) < 4.78 is 5.32. The van der Waals surface area contributed by atoms with Crippen molar-refractivity contribution in [1.82, 2.24) is 0 Å². The predicted molar refractivity (Wildman–Crippen MR) is 64.7 cm³/mol. The van der Waals surface area contributed by atoms with Crippen LogP contribution in [0.4, 0.5) is 5.69 Å². The molecule has 3 heteroatoms. The second-order valence-corrected chi connectivity index (χ2v) is 3.78. The fourth-order valence-electron chi connectivity index (χ4n) is 1.53. The number of anilines is 1. The molecule has 0 aliphatic rings. The van der Waals surface area contributed by atoms with Gasteiger partial charge in [0.25, 0.3) is 0 Å². The van der Waals surface area contributed by atoms with Gasteiger partial charge < -0.3 is 15.4 Å². The Morgan fingerprint density at radius 1 is 1.33 bits per heavy atom. The summed E-state index contributed by atoms with van der Waals surface area (Å²) in [7, 11) is 5.78. The molecule has 0 fully saturated rings. The Balaban J connectivity index is 2.91. The molecule has 0 bridgehead atoms. The molecule has 0 radical (unpaired) electrons. The molecule has 0 unspecified atom stereocenters. The standard InChI is InChI=1S/C12H20N2O/c1-14(2)11-6-7-12(15-3)10(9-11)5-4-8-13/h6-7,9H,4-5,8,13H2,1-3H3. The molecular weight excluding hydrogens is 188 g/mol. The van der Waals surface area contributed by atoms with Gasteiger partial charge in [0.1, 0.15) is 5.75 Å². The Morgan fingerprint density at radius 2 is 2.07 bits per heavy atom. The number of hydrogen-bond donors (Lipinski definition) is 1. The van der Waals surface area contributed by atoms with Crippen molar-refractivity contribution >= 4 is 5.69 Å². The van der Waals surface area contributed by atoms with Gasteiger partial charge in [0.05, 0.1) is 7.11 Å². The zero-order valence-electron chi connectivity index (χ0n) is 9.79. The number of benzene rings is 1.